The molecular weight excluding hydrogens is 845 g/mol. The largest absolute Gasteiger partial charge is 0.323 e. The van der Waals surface area contributed by atoms with Crippen LogP contribution in [0.1, 0.15) is 11.1 Å². The van der Waals surface area contributed by atoms with Gasteiger partial charge in [-0.3, -0.25) is 9.38 Å². The van der Waals surface area contributed by atoms with Crippen molar-refractivity contribution in [1.82, 2.24) is 27.7 Å². The van der Waals surface area contributed by atoms with Gasteiger partial charge in [-0.15, -0.1) is 0 Å². The van der Waals surface area contributed by atoms with Crippen LogP contribution in [0.2, 0.25) is 0 Å². The molecule has 0 radical (unpaired) electrons. The van der Waals surface area contributed by atoms with E-state index in [0.717, 1.165) is 62.0 Å². The monoisotopic (exact) mass is 884 g/mol. The number of pyridine rings is 1. The minimum absolute atomic E-state index is 0.881. The number of hydrogen-bond donors (Lipinski definition) is 0. The minimum Gasteiger partial charge on any atom is -0.323 e. The van der Waals surface area contributed by atoms with Gasteiger partial charge in [0.25, 0.3) is 8.24 Å². The summed E-state index contributed by atoms with van der Waals surface area (Å²) in [6, 6.07) is 82.3. The van der Waals surface area contributed by atoms with Crippen molar-refractivity contribution in [3.63, 3.8) is 0 Å². The molecule has 0 N–H and O–H groups in total. The summed E-state index contributed by atoms with van der Waals surface area (Å²) in [6.45, 7) is 0. The Morgan fingerprint density at radius 3 is 1.68 bits per heavy atom. The highest BCUT2D eigenvalue weighted by molar-refractivity contribution is 7.11. The molecule has 0 fully saturated rings. The Morgan fingerprint density at radius 2 is 0.971 bits per heavy atom. The van der Waals surface area contributed by atoms with E-state index < -0.39 is 8.24 Å². The lowest BCUT2D eigenvalue weighted by Gasteiger charge is -2.35. The van der Waals surface area contributed by atoms with Gasteiger partial charge in [0.05, 0.1) is 49.6 Å². The van der Waals surface area contributed by atoms with Crippen molar-refractivity contribution in [1.29, 1.82) is 0 Å². The van der Waals surface area contributed by atoms with Crippen molar-refractivity contribution in [2.24, 2.45) is 0 Å². The lowest BCUT2D eigenvalue weighted by Crippen LogP contribution is -2.73. The van der Waals surface area contributed by atoms with E-state index in [4.69, 9.17) is 9.97 Å². The summed E-state index contributed by atoms with van der Waals surface area (Å²) in [6.07, 6.45) is 2.93. The second kappa shape index (κ2) is 14.1. The highest BCUT2D eigenvalue weighted by atomic mass is 28.3. The molecule has 1 aliphatic rings. The maximum Gasteiger partial charge on any atom is 0.280 e. The smallest absolute Gasteiger partial charge is 0.280 e. The minimum atomic E-state index is -3.39. The van der Waals surface area contributed by atoms with E-state index in [1.54, 1.807) is 0 Å². The highest BCUT2D eigenvalue weighted by Gasteiger charge is 2.49. The Kier molecular flexibility index (Phi) is 7.77. The van der Waals surface area contributed by atoms with Crippen molar-refractivity contribution in [2.75, 3.05) is 0 Å². The molecule has 9 aromatic carbocycles. The zero-order valence-corrected chi connectivity index (χ0v) is 37.8. The first-order valence-electron chi connectivity index (χ1n) is 23.4. The normalized spacial score (nSPS) is 12.6. The van der Waals surface area contributed by atoms with Gasteiger partial charge in [-0.2, -0.15) is 0 Å². The summed E-state index contributed by atoms with van der Waals surface area (Å²) < 4.78 is 9.88. The average Bonchev–Trinajstić information content (AvgIpc) is 4.21. The zero-order valence-electron chi connectivity index (χ0n) is 36.8. The quantitative estimate of drug-likeness (QED) is 0.156. The second-order valence-corrected chi connectivity index (χ2v) is 21.6. The van der Waals surface area contributed by atoms with Gasteiger partial charge in [-0.1, -0.05) is 158 Å². The molecular formula is C61H40N6Si. The lowest BCUT2D eigenvalue weighted by atomic mass is 10.1. The maximum atomic E-state index is 5.94. The number of rotatable bonds is 6. The van der Waals surface area contributed by atoms with Gasteiger partial charge < -0.3 is 13.4 Å². The number of aromatic nitrogens is 6. The highest BCUT2D eigenvalue weighted by Crippen LogP contribution is 2.41. The van der Waals surface area contributed by atoms with Crippen molar-refractivity contribution in [3.05, 3.63) is 242 Å². The van der Waals surface area contributed by atoms with Gasteiger partial charge in [0.2, 0.25) is 5.78 Å². The number of fused-ring (bicyclic) bond motifs is 14. The molecule has 0 saturated carbocycles. The van der Waals surface area contributed by atoms with Gasteiger partial charge in [0.1, 0.15) is 5.52 Å². The first-order chi connectivity index (χ1) is 33.8. The molecule has 318 valence electrons. The van der Waals surface area contributed by atoms with E-state index in [1.165, 1.54) is 65.2 Å². The molecule has 7 heteroatoms. The third kappa shape index (κ3) is 4.95. The molecule has 5 heterocycles. The molecule has 1 aliphatic carbocycles. The van der Waals surface area contributed by atoms with Crippen LogP contribution in [0.5, 0.6) is 0 Å². The van der Waals surface area contributed by atoms with Crippen LogP contribution >= 0.6 is 0 Å². The van der Waals surface area contributed by atoms with Crippen LogP contribution in [0.4, 0.5) is 0 Å². The van der Waals surface area contributed by atoms with Gasteiger partial charge in [0, 0.05) is 39.0 Å². The first kappa shape index (κ1) is 37.4. The number of nitrogens with zero attached hydrogens (tertiary/aromatic N) is 6. The molecule has 0 spiro atoms. The Bertz CT molecular complexity index is 4270. The number of para-hydroxylation sites is 6. The molecule has 0 saturated heterocycles. The Morgan fingerprint density at radius 1 is 0.412 bits per heavy atom. The Labute approximate surface area is 391 Å². The molecule has 5 aromatic heterocycles. The van der Waals surface area contributed by atoms with Crippen LogP contribution in [0, 0.1) is 0 Å². The Hall–Kier alpha value is -8.78. The first-order valence-corrected chi connectivity index (χ1v) is 25.3. The fourth-order valence-corrected chi connectivity index (χ4v) is 16.9. The van der Waals surface area contributed by atoms with Crippen LogP contribution in [-0.2, 0) is 6.42 Å². The van der Waals surface area contributed by atoms with E-state index in [9.17, 15) is 0 Å². The molecule has 0 bridgehead atoms. The van der Waals surface area contributed by atoms with Crippen LogP contribution in [0.25, 0.3) is 94.0 Å². The summed E-state index contributed by atoms with van der Waals surface area (Å²) in [5.41, 5.74) is 16.3. The summed E-state index contributed by atoms with van der Waals surface area (Å²) in [4.78, 5) is 11.5. The fourth-order valence-electron chi connectivity index (χ4n) is 12.0. The van der Waals surface area contributed by atoms with Crippen molar-refractivity contribution in [3.8, 4) is 22.5 Å². The maximum absolute atomic E-state index is 5.94. The molecule has 14 aromatic rings. The summed E-state index contributed by atoms with van der Waals surface area (Å²) in [5, 5.41) is 8.51. The van der Waals surface area contributed by atoms with E-state index in [0.29, 0.717) is 0 Å². The van der Waals surface area contributed by atoms with Crippen LogP contribution in [-0.4, -0.2) is 36.0 Å². The van der Waals surface area contributed by atoms with Gasteiger partial charge >= 0.3 is 0 Å². The SMILES string of the molecule is c1ccc([Si](c2ccccc2)(c2nccc3c2-c2ccccc2C3)n2c3ccccc3n3c4cccc(-n5c6ccccc6c6cc(-n7c8ccccc8c8ccccc87)ccc65)c4nc23)cc1. The molecule has 0 unspecified atom stereocenters. The standard InChI is InChI=1S/C61H40N6Si/c1-3-19-43(20-4-1)68(44-21-5-2-6-22-44,60-58-41(36-37-62-60)38-40-18-7-8-23-45(40)58)67-55-31-16-15-30-54(55)66-57-33-17-32-56(59(57)63-61(66)67)65-52-29-14-11-26-48(52)49-39-42(34-35-53(49)65)64-50-27-12-9-24-46(50)47-25-10-13-28-51(47)64/h1-37,39H,38H2. The molecule has 6 nitrogen and oxygen atoms in total. The lowest BCUT2D eigenvalue weighted by molar-refractivity contribution is 1.16. The third-order valence-corrected chi connectivity index (χ3v) is 19.2. The molecule has 15 rings (SSSR count). The van der Waals surface area contributed by atoms with Crippen LogP contribution < -0.4 is 15.7 Å². The molecule has 0 atom stereocenters. The van der Waals surface area contributed by atoms with Gasteiger partial charge in [-0.05, 0) is 100 Å². The third-order valence-electron chi connectivity index (χ3n) is 14.7. The van der Waals surface area contributed by atoms with Crippen molar-refractivity contribution < 1.29 is 0 Å². The summed E-state index contributed by atoms with van der Waals surface area (Å²) >= 11 is 0. The van der Waals surface area contributed by atoms with E-state index >= 15 is 0 Å². The number of imidazole rings is 2. The van der Waals surface area contributed by atoms with E-state index in [1.807, 2.05) is 6.20 Å². The van der Waals surface area contributed by atoms with Gasteiger partial charge in [-0.25, -0.2) is 4.98 Å². The molecule has 0 aliphatic heterocycles. The van der Waals surface area contributed by atoms with Crippen molar-refractivity contribution >= 4 is 95.4 Å². The molecule has 68 heavy (non-hydrogen) atoms. The number of hydrogen-bond acceptors (Lipinski definition) is 2. The van der Waals surface area contributed by atoms with Gasteiger partial charge in [0.15, 0.2) is 0 Å². The number of benzene rings is 9. The zero-order chi connectivity index (χ0) is 44.5. The van der Waals surface area contributed by atoms with Crippen molar-refractivity contribution in [2.45, 2.75) is 6.42 Å². The predicted molar refractivity (Wildman–Crippen MR) is 282 cm³/mol. The van der Waals surface area contributed by atoms with Crippen LogP contribution in [0.3, 0.4) is 0 Å². The second-order valence-electron chi connectivity index (χ2n) is 18.1. The van der Waals surface area contributed by atoms with E-state index in [2.05, 4.69) is 242 Å². The summed E-state index contributed by atoms with van der Waals surface area (Å²) in [5.74, 6) is 0.896. The Balaban J connectivity index is 1.05. The molecule has 0 amide bonds. The topological polar surface area (TPSA) is 45.0 Å². The fraction of sp³-hybridized carbons (Fsp3) is 0.0164. The summed E-state index contributed by atoms with van der Waals surface area (Å²) in [7, 11) is -3.39. The van der Waals surface area contributed by atoms with E-state index in [-0.39, 0.29) is 0 Å². The average molecular weight is 885 g/mol. The van der Waals surface area contributed by atoms with Crippen LogP contribution in [0.15, 0.2) is 231 Å². The predicted octanol–water partition coefficient (Wildman–Crippen LogP) is 12.1.